The molecule has 1 fully saturated rings. The normalized spacial score (nSPS) is 15.7. The maximum Gasteiger partial charge on any atom is 0.277 e. The third-order valence-electron chi connectivity index (χ3n) is 4.96. The Kier molecular flexibility index (Phi) is 5.91. The molecule has 27 heavy (non-hydrogen) atoms. The van der Waals surface area contributed by atoms with Crippen molar-refractivity contribution in [3.05, 3.63) is 59.7 Å². The summed E-state index contributed by atoms with van der Waals surface area (Å²) in [5.41, 5.74) is 1.68. The molecule has 0 aromatic heterocycles. The van der Waals surface area contributed by atoms with E-state index in [4.69, 9.17) is 0 Å². The number of hydrogen-bond acceptors (Lipinski definition) is 3. The molecule has 0 unspecified atom stereocenters. The van der Waals surface area contributed by atoms with Gasteiger partial charge >= 0.3 is 0 Å². The molecular weight excluding hydrogens is 352 g/mol. The summed E-state index contributed by atoms with van der Waals surface area (Å²) in [7, 11) is 0. The summed E-state index contributed by atoms with van der Waals surface area (Å²) >= 11 is 0. The highest BCUT2D eigenvalue weighted by molar-refractivity contribution is 5.77. The summed E-state index contributed by atoms with van der Waals surface area (Å²) in [5, 5.41) is 11.2. The molecule has 2 aromatic carbocycles. The number of aromatic hydroxyl groups is 1. The van der Waals surface area contributed by atoms with Crippen molar-refractivity contribution in [1.29, 1.82) is 0 Å². The highest BCUT2D eigenvalue weighted by Gasteiger charge is 2.23. The van der Waals surface area contributed by atoms with Gasteiger partial charge in [-0.05, 0) is 49.4 Å². The Balaban J connectivity index is 1.47. The van der Waals surface area contributed by atoms with Crippen molar-refractivity contribution in [3.8, 4) is 5.75 Å². The minimum atomic E-state index is -0.871. The standard InChI is InChI=1S/C20H23F2N3O2/c1-14(15-2-7-18(21)19(22)12-15)23-13-20(27)25-10-8-24(9-11-25)16-3-5-17(26)6-4-16/h2-7,12,14,23,26H,8-11,13H2,1H3/p+1/t14-/m0/s1. The Hall–Kier alpha value is -2.67. The predicted octanol–water partition coefficient (Wildman–Crippen LogP) is 1.64. The van der Waals surface area contributed by atoms with Crippen LogP contribution in [-0.2, 0) is 4.79 Å². The molecule has 1 aliphatic heterocycles. The van der Waals surface area contributed by atoms with Crippen LogP contribution >= 0.6 is 0 Å². The molecule has 1 aliphatic rings. The van der Waals surface area contributed by atoms with Crippen LogP contribution in [0, 0.1) is 11.6 Å². The smallest absolute Gasteiger partial charge is 0.277 e. The van der Waals surface area contributed by atoms with E-state index in [0.717, 1.165) is 24.8 Å². The number of phenols is 1. The Morgan fingerprint density at radius 3 is 2.37 bits per heavy atom. The zero-order chi connectivity index (χ0) is 19.4. The van der Waals surface area contributed by atoms with Crippen LogP contribution in [0.4, 0.5) is 14.5 Å². The first-order valence-electron chi connectivity index (χ1n) is 9.04. The SMILES string of the molecule is C[C@H]([NH2+]CC(=O)N1CCN(c2ccc(O)cc2)CC1)c1ccc(F)c(F)c1. The Morgan fingerprint density at radius 1 is 1.07 bits per heavy atom. The van der Waals surface area contributed by atoms with Crippen LogP contribution in [-0.4, -0.2) is 48.6 Å². The zero-order valence-corrected chi connectivity index (χ0v) is 15.2. The van der Waals surface area contributed by atoms with Crippen LogP contribution in [0.2, 0.25) is 0 Å². The maximum absolute atomic E-state index is 13.3. The van der Waals surface area contributed by atoms with E-state index in [0.29, 0.717) is 18.7 Å². The van der Waals surface area contributed by atoms with E-state index >= 15 is 0 Å². The van der Waals surface area contributed by atoms with Gasteiger partial charge in [0.05, 0.1) is 0 Å². The zero-order valence-electron chi connectivity index (χ0n) is 15.2. The van der Waals surface area contributed by atoms with Crippen molar-refractivity contribution < 1.29 is 24.0 Å². The summed E-state index contributed by atoms with van der Waals surface area (Å²) in [6.45, 7) is 4.85. The monoisotopic (exact) mass is 376 g/mol. The van der Waals surface area contributed by atoms with Crippen LogP contribution in [0.15, 0.2) is 42.5 Å². The number of carbonyl (C=O) groups excluding carboxylic acids is 1. The quantitative estimate of drug-likeness (QED) is 0.834. The van der Waals surface area contributed by atoms with E-state index in [-0.39, 0.29) is 24.2 Å². The molecule has 0 bridgehead atoms. The number of amides is 1. The van der Waals surface area contributed by atoms with Crippen molar-refractivity contribution in [1.82, 2.24) is 4.90 Å². The summed E-state index contributed by atoms with van der Waals surface area (Å²) in [6, 6.07) is 10.7. The Morgan fingerprint density at radius 2 is 1.74 bits per heavy atom. The van der Waals surface area contributed by atoms with Gasteiger partial charge in [-0.15, -0.1) is 0 Å². The number of hydrogen-bond donors (Lipinski definition) is 2. The van der Waals surface area contributed by atoms with Gasteiger partial charge in [-0.3, -0.25) is 4.79 Å². The number of carbonyl (C=O) groups is 1. The number of anilines is 1. The lowest BCUT2D eigenvalue weighted by Crippen LogP contribution is -2.87. The van der Waals surface area contributed by atoms with Gasteiger partial charge in [-0.1, -0.05) is 0 Å². The van der Waals surface area contributed by atoms with Gasteiger partial charge < -0.3 is 20.2 Å². The number of rotatable bonds is 5. The molecule has 2 aromatic rings. The molecule has 3 N–H and O–H groups in total. The molecule has 0 radical (unpaired) electrons. The number of nitrogens with two attached hydrogens (primary N) is 1. The van der Waals surface area contributed by atoms with E-state index in [1.54, 1.807) is 18.2 Å². The fourth-order valence-corrected chi connectivity index (χ4v) is 3.22. The van der Waals surface area contributed by atoms with Crippen molar-refractivity contribution >= 4 is 11.6 Å². The van der Waals surface area contributed by atoms with Crippen LogP contribution in [0.3, 0.4) is 0 Å². The highest BCUT2D eigenvalue weighted by Crippen LogP contribution is 2.19. The Bertz CT molecular complexity index is 790. The van der Waals surface area contributed by atoms with Crippen LogP contribution < -0.4 is 10.2 Å². The van der Waals surface area contributed by atoms with Crippen molar-refractivity contribution in [2.45, 2.75) is 13.0 Å². The topological polar surface area (TPSA) is 60.4 Å². The van der Waals surface area contributed by atoms with Gasteiger partial charge in [-0.25, -0.2) is 8.78 Å². The number of phenolic OH excluding ortho intramolecular Hbond substituents is 1. The number of piperazine rings is 1. The first-order chi connectivity index (χ1) is 12.9. The van der Waals surface area contributed by atoms with Gasteiger partial charge in [0.25, 0.3) is 5.91 Å². The minimum absolute atomic E-state index is 0.0368. The molecule has 1 heterocycles. The van der Waals surface area contributed by atoms with Crippen LogP contribution in [0.1, 0.15) is 18.5 Å². The second-order valence-corrected chi connectivity index (χ2v) is 6.79. The first kappa shape index (κ1) is 19.1. The average Bonchev–Trinajstić information content (AvgIpc) is 2.68. The highest BCUT2D eigenvalue weighted by atomic mass is 19.2. The molecule has 0 aliphatic carbocycles. The van der Waals surface area contributed by atoms with Gasteiger partial charge in [0, 0.05) is 37.4 Å². The van der Waals surface area contributed by atoms with E-state index in [1.807, 2.05) is 29.3 Å². The number of nitrogens with zero attached hydrogens (tertiary/aromatic N) is 2. The number of halogens is 2. The van der Waals surface area contributed by atoms with Gasteiger partial charge in [-0.2, -0.15) is 0 Å². The minimum Gasteiger partial charge on any atom is -0.508 e. The molecule has 7 heteroatoms. The average molecular weight is 376 g/mol. The molecule has 1 atom stereocenters. The van der Waals surface area contributed by atoms with E-state index in [9.17, 15) is 18.7 Å². The molecule has 5 nitrogen and oxygen atoms in total. The van der Waals surface area contributed by atoms with E-state index < -0.39 is 11.6 Å². The van der Waals surface area contributed by atoms with Crippen molar-refractivity contribution in [2.75, 3.05) is 37.6 Å². The van der Waals surface area contributed by atoms with Gasteiger partial charge in [0.2, 0.25) is 0 Å². The number of benzene rings is 2. The first-order valence-corrected chi connectivity index (χ1v) is 9.04. The third kappa shape index (κ3) is 4.74. The summed E-state index contributed by atoms with van der Waals surface area (Å²) < 4.78 is 26.4. The molecule has 144 valence electrons. The molecule has 1 amide bonds. The molecule has 0 saturated carbocycles. The molecule has 3 rings (SSSR count). The number of quaternary nitrogens is 1. The van der Waals surface area contributed by atoms with Crippen molar-refractivity contribution in [3.63, 3.8) is 0 Å². The lowest BCUT2D eigenvalue weighted by atomic mass is 10.1. The lowest BCUT2D eigenvalue weighted by Gasteiger charge is -2.36. The Labute approximate surface area is 157 Å². The molecule has 0 spiro atoms. The third-order valence-corrected chi connectivity index (χ3v) is 4.96. The fourth-order valence-electron chi connectivity index (χ4n) is 3.22. The van der Waals surface area contributed by atoms with E-state index in [2.05, 4.69) is 4.90 Å². The van der Waals surface area contributed by atoms with Crippen LogP contribution in [0.5, 0.6) is 5.75 Å². The van der Waals surface area contributed by atoms with Gasteiger partial charge in [0.1, 0.15) is 11.8 Å². The second kappa shape index (κ2) is 8.35. The van der Waals surface area contributed by atoms with E-state index in [1.165, 1.54) is 6.07 Å². The second-order valence-electron chi connectivity index (χ2n) is 6.79. The van der Waals surface area contributed by atoms with Crippen LogP contribution in [0.25, 0.3) is 0 Å². The van der Waals surface area contributed by atoms with Gasteiger partial charge in [0.15, 0.2) is 18.2 Å². The summed E-state index contributed by atoms with van der Waals surface area (Å²) in [5.74, 6) is -1.47. The molecular formula is C20H24F2N3O2+. The summed E-state index contributed by atoms with van der Waals surface area (Å²) in [6.07, 6.45) is 0. The lowest BCUT2D eigenvalue weighted by molar-refractivity contribution is -0.683. The summed E-state index contributed by atoms with van der Waals surface area (Å²) in [4.78, 5) is 16.5. The largest absolute Gasteiger partial charge is 0.508 e. The van der Waals surface area contributed by atoms with Crippen molar-refractivity contribution in [2.24, 2.45) is 0 Å². The molecule has 1 saturated heterocycles. The fraction of sp³-hybridized carbons (Fsp3) is 0.350. The predicted molar refractivity (Wildman–Crippen MR) is 98.5 cm³/mol. The maximum atomic E-state index is 13.3.